The lowest BCUT2D eigenvalue weighted by molar-refractivity contribution is -0.119. The molecule has 0 spiro atoms. The van der Waals surface area contributed by atoms with Gasteiger partial charge in [0.15, 0.2) is 5.11 Å². The van der Waals surface area contributed by atoms with Crippen molar-refractivity contribution in [2.75, 3.05) is 5.32 Å². The van der Waals surface area contributed by atoms with E-state index in [1.54, 1.807) is 48.5 Å². The molecule has 0 heterocycles. The van der Waals surface area contributed by atoms with Crippen LogP contribution in [0.2, 0.25) is 0 Å². The van der Waals surface area contributed by atoms with Crippen LogP contribution < -0.4 is 21.5 Å². The summed E-state index contributed by atoms with van der Waals surface area (Å²) in [5, 5.41) is 5.29. The van der Waals surface area contributed by atoms with Gasteiger partial charge in [-0.1, -0.05) is 48.5 Å². The molecule has 0 fully saturated rings. The van der Waals surface area contributed by atoms with Gasteiger partial charge in [-0.15, -0.1) is 0 Å². The summed E-state index contributed by atoms with van der Waals surface area (Å²) in [5.41, 5.74) is 7.45. The molecule has 162 valence electrons. The number of nitrogens with one attached hydrogen (secondary N) is 4. The number of aryl methyl sites for hydroxylation is 1. The number of carbonyl (C=O) groups excluding carboxylic acids is 3. The quantitative estimate of drug-likeness (QED) is 0.344. The zero-order valence-corrected chi connectivity index (χ0v) is 17.9. The van der Waals surface area contributed by atoms with E-state index in [9.17, 15) is 14.4 Å². The maximum atomic E-state index is 12.3. The molecular formula is C24H22N4O3S. The molecule has 0 saturated heterocycles. The summed E-state index contributed by atoms with van der Waals surface area (Å²) in [6, 6.07) is 24.9. The lowest BCUT2D eigenvalue weighted by Crippen LogP contribution is -2.48. The number of rotatable bonds is 6. The van der Waals surface area contributed by atoms with Crippen LogP contribution >= 0.6 is 12.2 Å². The molecule has 4 N–H and O–H groups in total. The molecule has 0 aromatic heterocycles. The maximum Gasteiger partial charge on any atom is 0.269 e. The third-order valence-corrected chi connectivity index (χ3v) is 4.67. The van der Waals surface area contributed by atoms with Crippen molar-refractivity contribution >= 4 is 40.7 Å². The van der Waals surface area contributed by atoms with Crippen LogP contribution in [0.5, 0.6) is 0 Å². The predicted molar refractivity (Wildman–Crippen MR) is 127 cm³/mol. The van der Waals surface area contributed by atoms with E-state index in [0.29, 0.717) is 23.2 Å². The van der Waals surface area contributed by atoms with Crippen LogP contribution in [0.1, 0.15) is 32.7 Å². The van der Waals surface area contributed by atoms with E-state index in [2.05, 4.69) is 21.5 Å². The van der Waals surface area contributed by atoms with E-state index in [-0.39, 0.29) is 23.3 Å². The van der Waals surface area contributed by atoms with Crippen molar-refractivity contribution in [2.24, 2.45) is 0 Å². The van der Waals surface area contributed by atoms with E-state index >= 15 is 0 Å². The molecule has 0 aliphatic heterocycles. The average Bonchev–Trinajstić information content (AvgIpc) is 2.83. The monoisotopic (exact) mass is 446 g/mol. The van der Waals surface area contributed by atoms with Gasteiger partial charge in [0.2, 0.25) is 5.91 Å². The van der Waals surface area contributed by atoms with Gasteiger partial charge in [0.05, 0.1) is 0 Å². The van der Waals surface area contributed by atoms with Crippen LogP contribution in [0.15, 0.2) is 84.9 Å². The summed E-state index contributed by atoms with van der Waals surface area (Å²) >= 11 is 5.04. The Bertz CT molecular complexity index is 1090. The summed E-state index contributed by atoms with van der Waals surface area (Å²) in [7, 11) is 0. The van der Waals surface area contributed by atoms with Gasteiger partial charge in [-0.2, -0.15) is 0 Å². The van der Waals surface area contributed by atoms with Crippen molar-refractivity contribution < 1.29 is 14.4 Å². The first-order valence-electron chi connectivity index (χ1n) is 9.92. The number of hydrazine groups is 1. The first kappa shape index (κ1) is 22.6. The minimum atomic E-state index is -0.438. The highest BCUT2D eigenvalue weighted by molar-refractivity contribution is 7.80. The van der Waals surface area contributed by atoms with Gasteiger partial charge in [0, 0.05) is 23.2 Å². The van der Waals surface area contributed by atoms with Crippen molar-refractivity contribution in [1.82, 2.24) is 16.2 Å². The molecule has 0 saturated carbocycles. The molecule has 3 rings (SSSR count). The van der Waals surface area contributed by atoms with Gasteiger partial charge in [0.25, 0.3) is 11.8 Å². The van der Waals surface area contributed by atoms with Gasteiger partial charge in [-0.3, -0.25) is 25.2 Å². The van der Waals surface area contributed by atoms with E-state index in [4.69, 9.17) is 12.2 Å². The molecule has 0 radical (unpaired) electrons. The molecular weight excluding hydrogens is 424 g/mol. The SMILES string of the molecule is O=C(CCc1ccccc1)NC(=S)NNC(=O)c1ccc(NC(=O)c2ccccc2)cc1. The number of hydrogen-bond donors (Lipinski definition) is 4. The highest BCUT2D eigenvalue weighted by Crippen LogP contribution is 2.11. The highest BCUT2D eigenvalue weighted by atomic mass is 32.1. The zero-order chi connectivity index (χ0) is 22.8. The van der Waals surface area contributed by atoms with Crippen molar-refractivity contribution in [3.8, 4) is 0 Å². The van der Waals surface area contributed by atoms with Crippen LogP contribution in [0.25, 0.3) is 0 Å². The second-order valence-corrected chi connectivity index (χ2v) is 7.25. The highest BCUT2D eigenvalue weighted by Gasteiger charge is 2.10. The molecule has 3 amide bonds. The van der Waals surface area contributed by atoms with Gasteiger partial charge in [0.1, 0.15) is 0 Å². The molecule has 8 heteroatoms. The number of thiocarbonyl (C=S) groups is 1. The van der Waals surface area contributed by atoms with Gasteiger partial charge >= 0.3 is 0 Å². The zero-order valence-electron chi connectivity index (χ0n) is 17.1. The fraction of sp³-hybridized carbons (Fsp3) is 0.0833. The molecule has 0 unspecified atom stereocenters. The van der Waals surface area contributed by atoms with Crippen LogP contribution in [-0.4, -0.2) is 22.8 Å². The summed E-state index contributed by atoms with van der Waals surface area (Å²) in [4.78, 5) is 36.4. The minimum absolute atomic E-state index is 0.00292. The maximum absolute atomic E-state index is 12.3. The third kappa shape index (κ3) is 7.03. The van der Waals surface area contributed by atoms with Crippen molar-refractivity contribution in [3.05, 3.63) is 102 Å². The molecule has 3 aromatic carbocycles. The second kappa shape index (κ2) is 11.4. The number of benzene rings is 3. The Balaban J connectivity index is 1.41. The number of anilines is 1. The third-order valence-electron chi connectivity index (χ3n) is 4.47. The first-order valence-corrected chi connectivity index (χ1v) is 10.3. The van der Waals surface area contributed by atoms with Crippen LogP contribution in [0.3, 0.4) is 0 Å². The topological polar surface area (TPSA) is 99.3 Å². The molecule has 0 atom stereocenters. The van der Waals surface area contributed by atoms with Gasteiger partial charge in [-0.25, -0.2) is 0 Å². The summed E-state index contributed by atoms with van der Waals surface area (Å²) in [6.45, 7) is 0. The molecule has 7 nitrogen and oxygen atoms in total. The number of hydrogen-bond acceptors (Lipinski definition) is 4. The van der Waals surface area contributed by atoms with Crippen LogP contribution in [-0.2, 0) is 11.2 Å². The van der Waals surface area contributed by atoms with E-state index in [1.165, 1.54) is 0 Å². The van der Waals surface area contributed by atoms with Crippen molar-refractivity contribution in [1.29, 1.82) is 0 Å². The number of amides is 3. The van der Waals surface area contributed by atoms with Crippen molar-refractivity contribution in [3.63, 3.8) is 0 Å². The lowest BCUT2D eigenvalue weighted by Gasteiger charge is -2.11. The van der Waals surface area contributed by atoms with Gasteiger partial charge in [-0.05, 0) is 60.6 Å². The Labute approximate surface area is 191 Å². The molecule has 0 aliphatic carbocycles. The Morgan fingerprint density at radius 2 is 1.28 bits per heavy atom. The fourth-order valence-corrected chi connectivity index (χ4v) is 2.97. The number of carbonyl (C=O) groups is 3. The largest absolute Gasteiger partial charge is 0.322 e. The minimum Gasteiger partial charge on any atom is -0.322 e. The fourth-order valence-electron chi connectivity index (χ4n) is 2.81. The van der Waals surface area contributed by atoms with Crippen LogP contribution in [0.4, 0.5) is 5.69 Å². The first-order chi connectivity index (χ1) is 15.5. The summed E-state index contributed by atoms with van der Waals surface area (Å²) in [6.07, 6.45) is 0.866. The Morgan fingerprint density at radius 1 is 0.688 bits per heavy atom. The Hall–Kier alpha value is -4.04. The standard InChI is InChI=1S/C24H22N4O3S/c29-21(16-11-17-7-3-1-4-8-17)26-24(32)28-27-23(31)19-12-14-20(15-13-19)25-22(30)18-9-5-2-6-10-18/h1-10,12-15H,11,16H2,(H,25,30)(H,27,31)(H2,26,28,29,32). The Kier molecular flexibility index (Phi) is 8.05. The van der Waals surface area contributed by atoms with Crippen LogP contribution in [0, 0.1) is 0 Å². The van der Waals surface area contributed by atoms with Crippen molar-refractivity contribution in [2.45, 2.75) is 12.8 Å². The van der Waals surface area contributed by atoms with E-state index < -0.39 is 5.91 Å². The van der Waals surface area contributed by atoms with E-state index in [1.807, 2.05) is 36.4 Å². The lowest BCUT2D eigenvalue weighted by atomic mass is 10.1. The van der Waals surface area contributed by atoms with E-state index in [0.717, 1.165) is 5.56 Å². The predicted octanol–water partition coefficient (Wildman–Crippen LogP) is 3.21. The molecule has 3 aromatic rings. The van der Waals surface area contributed by atoms with Gasteiger partial charge < -0.3 is 10.6 Å². The average molecular weight is 447 g/mol. The molecule has 0 bridgehead atoms. The summed E-state index contributed by atoms with van der Waals surface area (Å²) < 4.78 is 0. The smallest absolute Gasteiger partial charge is 0.269 e. The molecule has 32 heavy (non-hydrogen) atoms. The Morgan fingerprint density at radius 3 is 1.94 bits per heavy atom. The summed E-state index contributed by atoms with van der Waals surface area (Å²) in [5.74, 6) is -0.927. The molecule has 0 aliphatic rings. The second-order valence-electron chi connectivity index (χ2n) is 6.84. The normalized spacial score (nSPS) is 10.0.